The summed E-state index contributed by atoms with van der Waals surface area (Å²) in [5, 5.41) is 9.90. The lowest BCUT2D eigenvalue weighted by Gasteiger charge is -2.06. The number of aromatic nitrogens is 1. The van der Waals surface area contributed by atoms with Crippen molar-refractivity contribution in [3.63, 3.8) is 0 Å². The Morgan fingerprint density at radius 3 is 2.67 bits per heavy atom. The second kappa shape index (κ2) is 4.78. The number of benzene rings is 1. The fourth-order valence-corrected chi connectivity index (χ4v) is 2.57. The summed E-state index contributed by atoms with van der Waals surface area (Å²) in [6.45, 7) is 3.72. The number of thiazole rings is 1. The Hall–Kier alpha value is -1.88. The fourth-order valence-electron chi connectivity index (χ4n) is 1.79. The molecule has 1 heterocycles. The molecular weight excluding hydrogens is 250 g/mol. The van der Waals surface area contributed by atoms with Crippen LogP contribution in [0.2, 0.25) is 0 Å². The van der Waals surface area contributed by atoms with Gasteiger partial charge in [-0.25, -0.2) is 9.78 Å². The van der Waals surface area contributed by atoms with Gasteiger partial charge in [-0.1, -0.05) is 0 Å². The van der Waals surface area contributed by atoms with Crippen LogP contribution in [0.25, 0.3) is 11.3 Å². The molecule has 4 nitrogen and oxygen atoms in total. The number of aromatic carboxylic acids is 1. The topological polar surface area (TPSA) is 59.4 Å². The van der Waals surface area contributed by atoms with Gasteiger partial charge in [0.15, 0.2) is 0 Å². The van der Waals surface area contributed by atoms with Crippen LogP contribution in [0.4, 0.5) is 0 Å². The summed E-state index contributed by atoms with van der Waals surface area (Å²) in [4.78, 5) is 15.7. The van der Waals surface area contributed by atoms with Gasteiger partial charge in [0.25, 0.3) is 0 Å². The van der Waals surface area contributed by atoms with Crippen molar-refractivity contribution in [1.29, 1.82) is 0 Å². The predicted octanol–water partition coefficient (Wildman–Crippen LogP) is 3.13. The second-order valence-corrected chi connectivity index (χ2v) is 5.10. The fraction of sp³-hybridized carbons (Fsp3) is 0.231. The SMILES string of the molecule is COc1ccc(-c2nc(C)sc2C(=O)O)cc1C. The second-order valence-electron chi connectivity index (χ2n) is 3.90. The van der Waals surface area contributed by atoms with Crippen LogP contribution in [0.5, 0.6) is 5.75 Å². The Morgan fingerprint density at radius 2 is 2.11 bits per heavy atom. The monoisotopic (exact) mass is 263 g/mol. The maximum atomic E-state index is 11.2. The number of carboxylic acids is 1. The van der Waals surface area contributed by atoms with E-state index in [0.29, 0.717) is 5.69 Å². The number of rotatable bonds is 3. The zero-order chi connectivity index (χ0) is 13.3. The maximum Gasteiger partial charge on any atom is 0.348 e. The zero-order valence-electron chi connectivity index (χ0n) is 10.4. The van der Waals surface area contributed by atoms with Crippen molar-refractivity contribution in [1.82, 2.24) is 4.98 Å². The third kappa shape index (κ3) is 2.22. The molecule has 0 aliphatic carbocycles. The molecule has 0 spiro atoms. The highest BCUT2D eigenvalue weighted by atomic mass is 32.1. The molecule has 0 fully saturated rings. The molecule has 2 aromatic rings. The standard InChI is InChI=1S/C13H13NO3S/c1-7-6-9(4-5-10(7)17-3)11-12(13(15)16)18-8(2)14-11/h4-6H,1-3H3,(H,15,16). The molecular formula is C13H13NO3S. The Bertz CT molecular complexity index is 604. The van der Waals surface area contributed by atoms with Crippen molar-refractivity contribution in [3.05, 3.63) is 33.6 Å². The molecule has 2 rings (SSSR count). The van der Waals surface area contributed by atoms with Crippen LogP contribution < -0.4 is 4.74 Å². The molecule has 1 aromatic carbocycles. The van der Waals surface area contributed by atoms with Crippen LogP contribution >= 0.6 is 11.3 Å². The summed E-state index contributed by atoms with van der Waals surface area (Å²) in [7, 11) is 1.61. The van der Waals surface area contributed by atoms with Crippen molar-refractivity contribution in [3.8, 4) is 17.0 Å². The molecule has 1 aromatic heterocycles. The van der Waals surface area contributed by atoms with Crippen molar-refractivity contribution in [2.24, 2.45) is 0 Å². The van der Waals surface area contributed by atoms with Crippen molar-refractivity contribution in [2.45, 2.75) is 13.8 Å². The molecule has 0 saturated carbocycles. The third-order valence-electron chi connectivity index (χ3n) is 2.60. The molecule has 18 heavy (non-hydrogen) atoms. The van der Waals surface area contributed by atoms with E-state index in [1.807, 2.05) is 25.1 Å². The first kappa shape index (κ1) is 12.6. The van der Waals surface area contributed by atoms with E-state index in [0.717, 1.165) is 21.9 Å². The number of methoxy groups -OCH3 is 1. The van der Waals surface area contributed by atoms with Gasteiger partial charge in [-0.15, -0.1) is 11.3 Å². The van der Waals surface area contributed by atoms with Gasteiger partial charge in [0.05, 0.1) is 17.8 Å². The molecule has 94 valence electrons. The molecule has 0 unspecified atom stereocenters. The van der Waals surface area contributed by atoms with E-state index in [2.05, 4.69) is 4.98 Å². The van der Waals surface area contributed by atoms with E-state index in [1.165, 1.54) is 11.3 Å². The van der Waals surface area contributed by atoms with Crippen molar-refractivity contribution >= 4 is 17.3 Å². The summed E-state index contributed by atoms with van der Waals surface area (Å²) < 4.78 is 5.18. The zero-order valence-corrected chi connectivity index (χ0v) is 11.2. The van der Waals surface area contributed by atoms with Gasteiger partial charge in [-0.2, -0.15) is 0 Å². The average molecular weight is 263 g/mol. The van der Waals surface area contributed by atoms with Crippen LogP contribution in [0.1, 0.15) is 20.2 Å². The number of hydrogen-bond donors (Lipinski definition) is 1. The van der Waals surface area contributed by atoms with Crippen LogP contribution in [0, 0.1) is 13.8 Å². The summed E-state index contributed by atoms with van der Waals surface area (Å²) >= 11 is 1.19. The first-order valence-corrected chi connectivity index (χ1v) is 6.20. The number of ether oxygens (including phenoxy) is 1. The molecule has 0 saturated heterocycles. The molecule has 0 amide bonds. The van der Waals surface area contributed by atoms with Gasteiger partial charge in [0, 0.05) is 5.56 Å². The number of aryl methyl sites for hydroxylation is 2. The lowest BCUT2D eigenvalue weighted by molar-refractivity contribution is 0.0702. The quantitative estimate of drug-likeness (QED) is 0.924. The number of nitrogens with zero attached hydrogens (tertiary/aromatic N) is 1. The summed E-state index contributed by atoms with van der Waals surface area (Å²) in [5.41, 5.74) is 2.28. The molecule has 0 radical (unpaired) electrons. The van der Waals surface area contributed by atoms with E-state index in [9.17, 15) is 4.79 Å². The summed E-state index contributed by atoms with van der Waals surface area (Å²) in [6.07, 6.45) is 0. The highest BCUT2D eigenvalue weighted by Gasteiger charge is 2.17. The highest BCUT2D eigenvalue weighted by molar-refractivity contribution is 7.14. The number of hydrogen-bond acceptors (Lipinski definition) is 4. The summed E-state index contributed by atoms with van der Waals surface area (Å²) in [5.74, 6) is -0.161. The minimum absolute atomic E-state index is 0.275. The number of carboxylic acid groups (broad SMARTS) is 1. The van der Waals surface area contributed by atoms with Crippen LogP contribution in [-0.2, 0) is 0 Å². The Labute approximate surface area is 109 Å². The highest BCUT2D eigenvalue weighted by Crippen LogP contribution is 2.31. The molecule has 5 heteroatoms. The van der Waals surface area contributed by atoms with Crippen LogP contribution in [-0.4, -0.2) is 23.2 Å². The first-order chi connectivity index (χ1) is 8.52. The maximum absolute atomic E-state index is 11.2. The number of carbonyl (C=O) groups is 1. The van der Waals surface area contributed by atoms with Gasteiger partial charge in [-0.05, 0) is 37.6 Å². The first-order valence-electron chi connectivity index (χ1n) is 5.38. The predicted molar refractivity (Wildman–Crippen MR) is 70.5 cm³/mol. The lowest BCUT2D eigenvalue weighted by atomic mass is 10.1. The lowest BCUT2D eigenvalue weighted by Crippen LogP contribution is -1.96. The van der Waals surface area contributed by atoms with E-state index < -0.39 is 5.97 Å². The molecule has 1 N–H and O–H groups in total. The van der Waals surface area contributed by atoms with Gasteiger partial charge >= 0.3 is 5.97 Å². The smallest absolute Gasteiger partial charge is 0.348 e. The average Bonchev–Trinajstić information content (AvgIpc) is 2.71. The van der Waals surface area contributed by atoms with Gasteiger partial charge in [0.2, 0.25) is 0 Å². The van der Waals surface area contributed by atoms with Crippen LogP contribution in [0.3, 0.4) is 0 Å². The Kier molecular flexibility index (Phi) is 3.34. The van der Waals surface area contributed by atoms with Gasteiger partial charge in [-0.3, -0.25) is 0 Å². The summed E-state index contributed by atoms with van der Waals surface area (Å²) in [6, 6.07) is 5.54. The normalized spacial score (nSPS) is 10.4. The van der Waals surface area contributed by atoms with Gasteiger partial charge in [0.1, 0.15) is 10.6 Å². The van der Waals surface area contributed by atoms with E-state index in [-0.39, 0.29) is 4.88 Å². The van der Waals surface area contributed by atoms with Crippen molar-refractivity contribution in [2.75, 3.05) is 7.11 Å². The Morgan fingerprint density at radius 1 is 1.39 bits per heavy atom. The molecule has 0 bridgehead atoms. The van der Waals surface area contributed by atoms with E-state index >= 15 is 0 Å². The minimum atomic E-state index is -0.941. The molecule has 0 atom stereocenters. The third-order valence-corrected chi connectivity index (χ3v) is 3.56. The minimum Gasteiger partial charge on any atom is -0.496 e. The van der Waals surface area contributed by atoms with E-state index in [4.69, 9.17) is 9.84 Å². The van der Waals surface area contributed by atoms with Crippen LogP contribution in [0.15, 0.2) is 18.2 Å². The Balaban J connectivity index is 2.55. The molecule has 0 aliphatic heterocycles. The van der Waals surface area contributed by atoms with Crippen molar-refractivity contribution < 1.29 is 14.6 Å². The van der Waals surface area contributed by atoms with Gasteiger partial charge < -0.3 is 9.84 Å². The molecule has 0 aliphatic rings. The largest absolute Gasteiger partial charge is 0.496 e. The van der Waals surface area contributed by atoms with E-state index in [1.54, 1.807) is 14.0 Å².